The smallest absolute Gasteiger partial charge is 0.410 e. The van der Waals surface area contributed by atoms with Gasteiger partial charge in [-0.1, -0.05) is 18.2 Å². The Hall–Kier alpha value is -1.59. The van der Waals surface area contributed by atoms with Crippen LogP contribution >= 0.6 is 0 Å². The molecule has 108 valence electrons. The minimum absolute atomic E-state index is 0.0823. The van der Waals surface area contributed by atoms with E-state index in [0.29, 0.717) is 24.8 Å². The number of hydrogen-bond acceptors (Lipinski definition) is 4. The topological polar surface area (TPSA) is 48.0 Å². The summed E-state index contributed by atoms with van der Waals surface area (Å²) in [5.74, 6) is 0.964. The Balaban J connectivity index is 1.47. The number of hydrogen-bond donors (Lipinski definition) is 0. The first kappa shape index (κ1) is 13.4. The van der Waals surface area contributed by atoms with E-state index in [4.69, 9.17) is 14.2 Å². The molecule has 2 heterocycles. The van der Waals surface area contributed by atoms with Gasteiger partial charge in [0.15, 0.2) is 12.6 Å². The molecule has 5 nitrogen and oxygen atoms in total. The molecule has 0 aliphatic carbocycles. The van der Waals surface area contributed by atoms with Crippen molar-refractivity contribution in [3.63, 3.8) is 0 Å². The minimum atomic E-state index is -0.279. The van der Waals surface area contributed by atoms with Crippen molar-refractivity contribution in [1.29, 1.82) is 0 Å². The quantitative estimate of drug-likeness (QED) is 0.833. The molecule has 2 saturated heterocycles. The SMILES string of the molecule is CC1OC(C2CCN(C(=O)Oc3ccccc3)CC2)O1. The molecule has 0 aromatic heterocycles. The number of benzene rings is 1. The Morgan fingerprint density at radius 3 is 2.45 bits per heavy atom. The van der Waals surface area contributed by atoms with Gasteiger partial charge in [0, 0.05) is 19.0 Å². The maximum atomic E-state index is 12.0. The molecular formula is C15H19NO4. The number of para-hydroxylation sites is 1. The molecular weight excluding hydrogens is 258 g/mol. The van der Waals surface area contributed by atoms with Crippen LogP contribution in [0.5, 0.6) is 5.75 Å². The van der Waals surface area contributed by atoms with E-state index in [2.05, 4.69) is 0 Å². The van der Waals surface area contributed by atoms with Crippen LogP contribution in [0.2, 0.25) is 0 Å². The van der Waals surface area contributed by atoms with Crippen molar-refractivity contribution >= 4 is 6.09 Å². The highest BCUT2D eigenvalue weighted by Gasteiger charge is 2.37. The van der Waals surface area contributed by atoms with Crippen molar-refractivity contribution in [2.24, 2.45) is 5.92 Å². The summed E-state index contributed by atoms with van der Waals surface area (Å²) >= 11 is 0. The van der Waals surface area contributed by atoms with Gasteiger partial charge in [0.2, 0.25) is 0 Å². The van der Waals surface area contributed by atoms with Gasteiger partial charge >= 0.3 is 6.09 Å². The number of carbonyl (C=O) groups excluding carboxylic acids is 1. The number of ether oxygens (including phenoxy) is 3. The van der Waals surface area contributed by atoms with E-state index < -0.39 is 0 Å². The highest BCUT2D eigenvalue weighted by molar-refractivity contribution is 5.70. The summed E-state index contributed by atoms with van der Waals surface area (Å²) < 4.78 is 16.4. The molecule has 3 rings (SSSR count). The number of likely N-dealkylation sites (tertiary alicyclic amines) is 1. The van der Waals surface area contributed by atoms with E-state index in [1.54, 1.807) is 17.0 Å². The van der Waals surface area contributed by atoms with Gasteiger partial charge in [0.05, 0.1) is 0 Å². The third-order valence-corrected chi connectivity index (χ3v) is 3.78. The van der Waals surface area contributed by atoms with Gasteiger partial charge in [0.1, 0.15) is 5.75 Å². The maximum Gasteiger partial charge on any atom is 0.415 e. The second-order valence-corrected chi connectivity index (χ2v) is 5.21. The Morgan fingerprint density at radius 2 is 1.85 bits per heavy atom. The fourth-order valence-corrected chi connectivity index (χ4v) is 2.62. The van der Waals surface area contributed by atoms with Gasteiger partial charge in [-0.2, -0.15) is 0 Å². The standard InChI is InChI=1S/C15H19NO4/c1-11-18-14(19-11)12-7-9-16(10-8-12)15(17)20-13-5-3-2-4-6-13/h2-6,11-12,14H,7-10H2,1H3. The average Bonchev–Trinajstić information content (AvgIpc) is 2.45. The van der Waals surface area contributed by atoms with Crippen LogP contribution in [0.25, 0.3) is 0 Å². The van der Waals surface area contributed by atoms with Crippen LogP contribution in [0.15, 0.2) is 30.3 Å². The average molecular weight is 277 g/mol. The first-order valence-corrected chi connectivity index (χ1v) is 7.05. The van der Waals surface area contributed by atoms with Gasteiger partial charge in [-0.15, -0.1) is 0 Å². The molecule has 0 bridgehead atoms. The van der Waals surface area contributed by atoms with Crippen LogP contribution < -0.4 is 4.74 Å². The summed E-state index contributed by atoms with van der Waals surface area (Å²) in [6.07, 6.45) is 1.33. The molecule has 1 amide bonds. The largest absolute Gasteiger partial charge is 0.415 e. The van der Waals surface area contributed by atoms with Crippen LogP contribution in [0.1, 0.15) is 19.8 Å². The van der Waals surface area contributed by atoms with Crippen molar-refractivity contribution < 1.29 is 19.0 Å². The second kappa shape index (κ2) is 5.81. The summed E-state index contributed by atoms with van der Waals surface area (Å²) in [7, 11) is 0. The lowest BCUT2D eigenvalue weighted by atomic mass is 9.96. The predicted molar refractivity (Wildman–Crippen MR) is 72.2 cm³/mol. The van der Waals surface area contributed by atoms with E-state index in [1.807, 2.05) is 25.1 Å². The van der Waals surface area contributed by atoms with E-state index in [0.717, 1.165) is 12.8 Å². The van der Waals surface area contributed by atoms with E-state index in [-0.39, 0.29) is 18.7 Å². The minimum Gasteiger partial charge on any atom is -0.410 e. The van der Waals surface area contributed by atoms with Crippen LogP contribution in [0.3, 0.4) is 0 Å². The van der Waals surface area contributed by atoms with Gasteiger partial charge in [-0.3, -0.25) is 0 Å². The highest BCUT2D eigenvalue weighted by atomic mass is 16.9. The fourth-order valence-electron chi connectivity index (χ4n) is 2.62. The van der Waals surface area contributed by atoms with Crippen molar-refractivity contribution in [3.05, 3.63) is 30.3 Å². The van der Waals surface area contributed by atoms with Crippen molar-refractivity contribution in [2.75, 3.05) is 13.1 Å². The first-order valence-electron chi connectivity index (χ1n) is 7.05. The molecule has 0 saturated carbocycles. The second-order valence-electron chi connectivity index (χ2n) is 5.21. The summed E-state index contributed by atoms with van der Waals surface area (Å²) in [5.41, 5.74) is 0. The van der Waals surface area contributed by atoms with Crippen molar-refractivity contribution in [1.82, 2.24) is 4.90 Å². The van der Waals surface area contributed by atoms with Crippen LogP contribution in [0.4, 0.5) is 4.79 Å². The molecule has 0 atom stereocenters. The van der Waals surface area contributed by atoms with Crippen LogP contribution in [-0.4, -0.2) is 36.7 Å². The monoisotopic (exact) mass is 277 g/mol. The molecule has 20 heavy (non-hydrogen) atoms. The zero-order valence-electron chi connectivity index (χ0n) is 11.5. The number of nitrogens with zero attached hydrogens (tertiary/aromatic N) is 1. The molecule has 0 radical (unpaired) electrons. The van der Waals surface area contributed by atoms with E-state index in [9.17, 15) is 4.79 Å². The first-order chi connectivity index (χ1) is 9.72. The number of rotatable bonds is 2. The van der Waals surface area contributed by atoms with E-state index >= 15 is 0 Å². The molecule has 2 fully saturated rings. The van der Waals surface area contributed by atoms with Gasteiger partial charge < -0.3 is 19.1 Å². The Kier molecular flexibility index (Phi) is 3.89. The normalized spacial score (nSPS) is 26.9. The number of carbonyl (C=O) groups is 1. The Morgan fingerprint density at radius 1 is 1.20 bits per heavy atom. The third kappa shape index (κ3) is 2.94. The maximum absolute atomic E-state index is 12.0. The highest BCUT2D eigenvalue weighted by Crippen LogP contribution is 2.30. The Bertz CT molecular complexity index is 450. The lowest BCUT2D eigenvalue weighted by Gasteiger charge is -2.42. The molecule has 1 aromatic rings. The van der Waals surface area contributed by atoms with Crippen molar-refractivity contribution in [3.8, 4) is 5.75 Å². The summed E-state index contributed by atoms with van der Waals surface area (Å²) in [5, 5.41) is 0. The molecule has 0 unspecified atom stereocenters. The molecule has 2 aliphatic heterocycles. The summed E-state index contributed by atoms with van der Waals surface area (Å²) in [6.45, 7) is 3.27. The zero-order valence-corrected chi connectivity index (χ0v) is 11.5. The van der Waals surface area contributed by atoms with Crippen molar-refractivity contribution in [2.45, 2.75) is 32.3 Å². The van der Waals surface area contributed by atoms with Gasteiger partial charge in [-0.05, 0) is 31.9 Å². The number of piperidine rings is 1. The summed E-state index contributed by atoms with van der Waals surface area (Å²) in [6, 6.07) is 9.15. The Labute approximate surface area is 118 Å². The molecule has 2 aliphatic rings. The molecule has 0 N–H and O–H groups in total. The number of amides is 1. The molecule has 0 spiro atoms. The molecule has 5 heteroatoms. The third-order valence-electron chi connectivity index (χ3n) is 3.78. The van der Waals surface area contributed by atoms with Crippen LogP contribution in [0, 0.1) is 5.92 Å². The zero-order chi connectivity index (χ0) is 13.9. The lowest BCUT2D eigenvalue weighted by molar-refractivity contribution is -0.394. The van der Waals surface area contributed by atoms with Crippen LogP contribution in [-0.2, 0) is 9.47 Å². The van der Waals surface area contributed by atoms with Gasteiger partial charge in [0.25, 0.3) is 0 Å². The lowest BCUT2D eigenvalue weighted by Crippen LogP contribution is -2.49. The molecule has 1 aromatic carbocycles. The fraction of sp³-hybridized carbons (Fsp3) is 0.533. The summed E-state index contributed by atoms with van der Waals surface area (Å²) in [4.78, 5) is 13.8. The predicted octanol–water partition coefficient (Wildman–Crippen LogP) is 2.62. The van der Waals surface area contributed by atoms with E-state index in [1.165, 1.54) is 0 Å². The van der Waals surface area contributed by atoms with Gasteiger partial charge in [-0.25, -0.2) is 4.79 Å².